The molecule has 0 bridgehead atoms. The minimum atomic E-state index is 0.323. The molecule has 1 aliphatic rings. The third-order valence-electron chi connectivity index (χ3n) is 4.24. The fourth-order valence-corrected chi connectivity index (χ4v) is 3.31. The lowest BCUT2D eigenvalue weighted by Crippen LogP contribution is -2.01. The van der Waals surface area contributed by atoms with Gasteiger partial charge in [0.05, 0.1) is 0 Å². The predicted octanol–water partition coefficient (Wildman–Crippen LogP) is 4.96. The van der Waals surface area contributed by atoms with Crippen LogP contribution >= 0.6 is 0 Å². The molecule has 0 nitrogen and oxygen atoms in total. The second kappa shape index (κ2) is 4.35. The Kier molecular flexibility index (Phi) is 2.50. The van der Waals surface area contributed by atoms with Crippen LogP contribution < -0.4 is 0 Å². The Morgan fingerprint density at radius 2 is 1.45 bits per heavy atom. The van der Waals surface area contributed by atoms with Crippen LogP contribution in [-0.4, -0.2) is 0 Å². The zero-order chi connectivity index (χ0) is 13.5. The molecule has 0 aliphatic heterocycles. The first kappa shape index (κ1) is 11.5. The Bertz CT molecular complexity index is 738. The summed E-state index contributed by atoms with van der Waals surface area (Å²) in [6, 6.07) is 27.2. The van der Waals surface area contributed by atoms with E-state index in [4.69, 9.17) is 0 Å². The molecule has 0 amide bonds. The number of hydrogen-bond acceptors (Lipinski definition) is 0. The smallest absolute Gasteiger partial charge is 0.0361 e. The van der Waals surface area contributed by atoms with Crippen molar-refractivity contribution < 1.29 is 0 Å². The fourth-order valence-electron chi connectivity index (χ4n) is 3.31. The van der Waals surface area contributed by atoms with E-state index < -0.39 is 0 Å². The van der Waals surface area contributed by atoms with Gasteiger partial charge in [-0.25, -0.2) is 0 Å². The summed E-state index contributed by atoms with van der Waals surface area (Å²) in [7, 11) is 0. The summed E-state index contributed by atoms with van der Waals surface area (Å²) in [5, 5.41) is 0. The maximum atomic E-state index is 3.47. The van der Waals surface area contributed by atoms with E-state index in [1.165, 1.54) is 33.4 Å². The summed E-state index contributed by atoms with van der Waals surface area (Å²) >= 11 is 0. The SMILES string of the molecule is Cc1ccccc1C1c2[c]cccc2-c2ccccc21. The number of hydrogen-bond donors (Lipinski definition) is 0. The van der Waals surface area contributed by atoms with Gasteiger partial charge in [0.15, 0.2) is 0 Å². The molecule has 20 heavy (non-hydrogen) atoms. The lowest BCUT2D eigenvalue weighted by atomic mass is 9.87. The van der Waals surface area contributed by atoms with Gasteiger partial charge in [-0.15, -0.1) is 0 Å². The average Bonchev–Trinajstić information content (AvgIpc) is 2.83. The summed E-state index contributed by atoms with van der Waals surface area (Å²) in [4.78, 5) is 0. The zero-order valence-corrected chi connectivity index (χ0v) is 11.4. The van der Waals surface area contributed by atoms with Crippen LogP contribution in [0.1, 0.15) is 28.2 Å². The number of fused-ring (bicyclic) bond motifs is 3. The van der Waals surface area contributed by atoms with Gasteiger partial charge in [0.1, 0.15) is 0 Å². The van der Waals surface area contributed by atoms with Gasteiger partial charge in [0.2, 0.25) is 0 Å². The molecule has 0 saturated carbocycles. The topological polar surface area (TPSA) is 0 Å². The minimum Gasteiger partial charge on any atom is -0.0620 e. The Morgan fingerprint density at radius 3 is 2.30 bits per heavy atom. The molecule has 0 heteroatoms. The van der Waals surface area contributed by atoms with Crippen molar-refractivity contribution in [3.8, 4) is 11.1 Å². The first-order valence-electron chi connectivity index (χ1n) is 7.01. The minimum absolute atomic E-state index is 0.323. The summed E-state index contributed by atoms with van der Waals surface area (Å²) in [6.07, 6.45) is 0. The predicted molar refractivity (Wildman–Crippen MR) is 82.8 cm³/mol. The van der Waals surface area contributed by atoms with Gasteiger partial charge in [-0.3, -0.25) is 0 Å². The Hall–Kier alpha value is -2.34. The molecule has 0 aromatic heterocycles. The highest BCUT2D eigenvalue weighted by atomic mass is 14.3. The summed E-state index contributed by atoms with van der Waals surface area (Å²) in [5.41, 5.74) is 8.13. The van der Waals surface area contributed by atoms with Gasteiger partial charge in [0, 0.05) is 5.92 Å². The van der Waals surface area contributed by atoms with E-state index in [0.717, 1.165) is 0 Å². The molecule has 0 N–H and O–H groups in total. The molecular formula is C20H15. The molecule has 95 valence electrons. The van der Waals surface area contributed by atoms with E-state index in [1.54, 1.807) is 0 Å². The molecule has 0 fully saturated rings. The third-order valence-corrected chi connectivity index (χ3v) is 4.24. The highest BCUT2D eigenvalue weighted by Crippen LogP contribution is 2.47. The molecule has 0 spiro atoms. The Balaban J connectivity index is 2.03. The summed E-state index contributed by atoms with van der Waals surface area (Å²) in [5.74, 6) is 0.323. The van der Waals surface area contributed by atoms with E-state index >= 15 is 0 Å². The highest BCUT2D eigenvalue weighted by Gasteiger charge is 2.29. The van der Waals surface area contributed by atoms with Crippen LogP contribution in [0, 0.1) is 13.0 Å². The van der Waals surface area contributed by atoms with Gasteiger partial charge in [-0.2, -0.15) is 0 Å². The standard InChI is InChI=1S/C20H15/c1-14-8-2-3-9-15(14)20-18-12-6-4-10-16(18)17-11-5-7-13-19(17)20/h2-12,20H,1H3. The van der Waals surface area contributed by atoms with Gasteiger partial charge in [0.25, 0.3) is 0 Å². The quantitative estimate of drug-likeness (QED) is 0.451. The molecule has 3 aromatic carbocycles. The van der Waals surface area contributed by atoms with Gasteiger partial charge < -0.3 is 0 Å². The van der Waals surface area contributed by atoms with Crippen LogP contribution in [0.15, 0.2) is 66.7 Å². The lowest BCUT2D eigenvalue weighted by Gasteiger charge is -2.16. The third kappa shape index (κ3) is 1.55. The normalized spacial score (nSPS) is 13.1. The average molecular weight is 255 g/mol. The van der Waals surface area contributed by atoms with Crippen LogP contribution in [0.25, 0.3) is 11.1 Å². The first-order chi connectivity index (χ1) is 9.86. The van der Waals surface area contributed by atoms with E-state index in [-0.39, 0.29) is 0 Å². The first-order valence-corrected chi connectivity index (χ1v) is 7.01. The maximum Gasteiger partial charge on any atom is 0.0361 e. The molecule has 1 aliphatic carbocycles. The van der Waals surface area contributed by atoms with Crippen molar-refractivity contribution >= 4 is 0 Å². The largest absolute Gasteiger partial charge is 0.0620 e. The molecule has 1 radical (unpaired) electrons. The van der Waals surface area contributed by atoms with Gasteiger partial charge >= 0.3 is 0 Å². The van der Waals surface area contributed by atoms with Crippen molar-refractivity contribution in [3.05, 3.63) is 95.1 Å². The second-order valence-corrected chi connectivity index (χ2v) is 5.37. The van der Waals surface area contributed by atoms with Crippen LogP contribution in [0.2, 0.25) is 0 Å². The molecule has 1 atom stereocenters. The fraction of sp³-hybridized carbons (Fsp3) is 0.100. The molecule has 1 unspecified atom stereocenters. The lowest BCUT2D eigenvalue weighted by molar-refractivity contribution is 0.995. The van der Waals surface area contributed by atoms with E-state index in [9.17, 15) is 0 Å². The monoisotopic (exact) mass is 255 g/mol. The molecule has 0 heterocycles. The molecule has 3 aromatic rings. The second-order valence-electron chi connectivity index (χ2n) is 5.37. The van der Waals surface area contributed by atoms with Crippen LogP contribution in [0.5, 0.6) is 0 Å². The van der Waals surface area contributed by atoms with E-state index in [2.05, 4.69) is 73.7 Å². The van der Waals surface area contributed by atoms with Crippen molar-refractivity contribution in [1.29, 1.82) is 0 Å². The highest BCUT2D eigenvalue weighted by molar-refractivity contribution is 5.80. The number of benzene rings is 3. The Labute approximate surface area is 119 Å². The van der Waals surface area contributed by atoms with Gasteiger partial charge in [-0.05, 0) is 46.4 Å². The number of rotatable bonds is 1. The van der Waals surface area contributed by atoms with Crippen molar-refractivity contribution in [2.24, 2.45) is 0 Å². The maximum absolute atomic E-state index is 3.47. The van der Waals surface area contributed by atoms with Crippen molar-refractivity contribution in [3.63, 3.8) is 0 Å². The van der Waals surface area contributed by atoms with Crippen molar-refractivity contribution in [1.82, 2.24) is 0 Å². The van der Waals surface area contributed by atoms with Gasteiger partial charge in [-0.1, -0.05) is 66.7 Å². The molecular weight excluding hydrogens is 240 g/mol. The summed E-state index contributed by atoms with van der Waals surface area (Å²) < 4.78 is 0. The molecule has 0 saturated heterocycles. The molecule has 4 rings (SSSR count). The van der Waals surface area contributed by atoms with Crippen molar-refractivity contribution in [2.75, 3.05) is 0 Å². The van der Waals surface area contributed by atoms with Crippen LogP contribution in [-0.2, 0) is 0 Å². The van der Waals surface area contributed by atoms with Crippen LogP contribution in [0.4, 0.5) is 0 Å². The number of aryl methyl sites for hydroxylation is 1. The van der Waals surface area contributed by atoms with E-state index in [0.29, 0.717) is 5.92 Å². The zero-order valence-electron chi connectivity index (χ0n) is 11.4. The van der Waals surface area contributed by atoms with E-state index in [1.807, 2.05) is 6.07 Å². The van der Waals surface area contributed by atoms with Crippen molar-refractivity contribution in [2.45, 2.75) is 12.8 Å². The van der Waals surface area contributed by atoms with Crippen LogP contribution in [0.3, 0.4) is 0 Å². The Morgan fingerprint density at radius 1 is 0.750 bits per heavy atom. The summed E-state index contributed by atoms with van der Waals surface area (Å²) in [6.45, 7) is 2.19.